The number of hydrogen-bond acceptors (Lipinski definition) is 2. The van der Waals surface area contributed by atoms with Gasteiger partial charge in [-0.2, -0.15) is 0 Å². The van der Waals surface area contributed by atoms with Gasteiger partial charge >= 0.3 is 0 Å². The number of fused-ring (bicyclic) bond motifs is 7. The zero-order valence-electron chi connectivity index (χ0n) is 36.6. The number of para-hydroxylation sites is 7. The van der Waals surface area contributed by atoms with Crippen LogP contribution in [0.2, 0.25) is 0 Å². The first-order valence-electron chi connectivity index (χ1n) is 22.9. The van der Waals surface area contributed by atoms with E-state index < -0.39 is 0 Å². The Hall–Kier alpha value is -8.92. The Morgan fingerprint density at radius 1 is 0.313 bits per heavy atom. The van der Waals surface area contributed by atoms with Crippen LogP contribution in [0.3, 0.4) is 0 Å². The molecule has 3 nitrogen and oxygen atoms in total. The van der Waals surface area contributed by atoms with Crippen LogP contribution >= 0.6 is 0 Å². The van der Waals surface area contributed by atoms with Crippen molar-refractivity contribution in [2.75, 3.05) is 4.90 Å². The number of furan rings is 1. The monoisotopic (exact) mass is 854 g/mol. The maximum Gasteiger partial charge on any atom is 0.143 e. The number of rotatable bonds is 8. The summed E-state index contributed by atoms with van der Waals surface area (Å²) in [5, 5.41) is 7.20. The van der Waals surface area contributed by atoms with E-state index in [1.165, 1.54) is 38.1 Å². The van der Waals surface area contributed by atoms with Gasteiger partial charge in [-0.3, -0.25) is 0 Å². The van der Waals surface area contributed by atoms with E-state index in [2.05, 4.69) is 252 Å². The highest BCUT2D eigenvalue weighted by Crippen LogP contribution is 2.46. The minimum absolute atomic E-state index is 0.898. The summed E-state index contributed by atoms with van der Waals surface area (Å²) in [5.41, 5.74) is 17.7. The molecule has 0 amide bonds. The van der Waals surface area contributed by atoms with Crippen LogP contribution in [0.25, 0.3) is 105 Å². The maximum atomic E-state index is 6.50. The van der Waals surface area contributed by atoms with Crippen molar-refractivity contribution in [3.63, 3.8) is 0 Å². The van der Waals surface area contributed by atoms with Crippen molar-refractivity contribution in [2.45, 2.75) is 0 Å². The van der Waals surface area contributed by atoms with E-state index in [4.69, 9.17) is 4.42 Å². The lowest BCUT2D eigenvalue weighted by atomic mass is 9.95. The van der Waals surface area contributed by atoms with Gasteiger partial charge in [-0.1, -0.05) is 200 Å². The molecule has 13 rings (SSSR count). The zero-order valence-corrected chi connectivity index (χ0v) is 36.6. The van der Waals surface area contributed by atoms with Gasteiger partial charge in [-0.05, 0) is 87.6 Å². The number of aromatic nitrogens is 1. The maximum absolute atomic E-state index is 6.50. The summed E-state index contributed by atoms with van der Waals surface area (Å²) in [5.74, 6) is 0. The topological polar surface area (TPSA) is 21.3 Å². The van der Waals surface area contributed by atoms with Gasteiger partial charge in [0.05, 0.1) is 28.1 Å². The second-order valence-electron chi connectivity index (χ2n) is 17.2. The van der Waals surface area contributed by atoms with E-state index in [1.54, 1.807) is 0 Å². The van der Waals surface area contributed by atoms with Crippen molar-refractivity contribution < 1.29 is 4.42 Å². The molecule has 0 radical (unpaired) electrons. The van der Waals surface area contributed by atoms with E-state index in [9.17, 15) is 0 Å². The van der Waals surface area contributed by atoms with Crippen molar-refractivity contribution in [2.24, 2.45) is 0 Å². The third-order valence-electron chi connectivity index (χ3n) is 13.4. The molecule has 0 saturated heterocycles. The first-order valence-corrected chi connectivity index (χ1v) is 22.9. The molecule has 0 bridgehead atoms. The van der Waals surface area contributed by atoms with Gasteiger partial charge in [0.1, 0.15) is 11.2 Å². The SMILES string of the molecule is c1ccc(N(c2ccc(-c3cccc4c3oc3ccccc34)cc2)c2ccccc2-c2ccc3ccccc3c2)c(-c2ccc(-c3ccccc3-n3c4ccccc4c4ccccc43)cc2)c1. The third-order valence-corrected chi connectivity index (χ3v) is 13.4. The highest BCUT2D eigenvalue weighted by atomic mass is 16.3. The van der Waals surface area contributed by atoms with Crippen LogP contribution < -0.4 is 4.90 Å². The van der Waals surface area contributed by atoms with Gasteiger partial charge in [0.2, 0.25) is 0 Å². The van der Waals surface area contributed by atoms with E-state index in [0.717, 1.165) is 83.6 Å². The van der Waals surface area contributed by atoms with Gasteiger partial charge in [-0.25, -0.2) is 0 Å². The quantitative estimate of drug-likeness (QED) is 0.152. The summed E-state index contributed by atoms with van der Waals surface area (Å²) in [7, 11) is 0. The van der Waals surface area contributed by atoms with Crippen LogP contribution in [-0.4, -0.2) is 4.57 Å². The van der Waals surface area contributed by atoms with E-state index >= 15 is 0 Å². The Labute approximate surface area is 388 Å². The molecule has 67 heavy (non-hydrogen) atoms. The van der Waals surface area contributed by atoms with Crippen LogP contribution in [0, 0.1) is 0 Å². The molecule has 0 aliphatic heterocycles. The molecular weight excluding hydrogens is 813 g/mol. The normalized spacial score (nSPS) is 11.6. The molecule has 2 aromatic heterocycles. The molecule has 0 fully saturated rings. The molecule has 13 aromatic rings. The van der Waals surface area contributed by atoms with Crippen molar-refractivity contribution in [1.29, 1.82) is 0 Å². The fourth-order valence-corrected chi connectivity index (χ4v) is 10.3. The van der Waals surface area contributed by atoms with Crippen molar-refractivity contribution in [3.8, 4) is 50.2 Å². The fourth-order valence-electron chi connectivity index (χ4n) is 10.3. The minimum atomic E-state index is 0.898. The predicted molar refractivity (Wildman–Crippen MR) is 282 cm³/mol. The summed E-state index contributed by atoms with van der Waals surface area (Å²) in [6.45, 7) is 0. The van der Waals surface area contributed by atoms with Crippen molar-refractivity contribution in [1.82, 2.24) is 4.57 Å². The average Bonchev–Trinajstić information content (AvgIpc) is 3.95. The lowest BCUT2D eigenvalue weighted by molar-refractivity contribution is 0.670. The smallest absolute Gasteiger partial charge is 0.143 e. The highest BCUT2D eigenvalue weighted by molar-refractivity contribution is 6.11. The lowest BCUT2D eigenvalue weighted by Gasteiger charge is -2.30. The lowest BCUT2D eigenvalue weighted by Crippen LogP contribution is -2.12. The molecule has 0 atom stereocenters. The molecule has 2 heterocycles. The summed E-state index contributed by atoms with van der Waals surface area (Å²) < 4.78 is 8.91. The Kier molecular flexibility index (Phi) is 9.17. The Morgan fingerprint density at radius 3 is 1.51 bits per heavy atom. The largest absolute Gasteiger partial charge is 0.455 e. The molecule has 3 heteroatoms. The molecule has 0 aliphatic carbocycles. The van der Waals surface area contributed by atoms with Gasteiger partial charge in [0, 0.05) is 49.5 Å². The van der Waals surface area contributed by atoms with Gasteiger partial charge in [0.15, 0.2) is 0 Å². The Balaban J connectivity index is 0.945. The average molecular weight is 855 g/mol. The second-order valence-corrected chi connectivity index (χ2v) is 17.2. The van der Waals surface area contributed by atoms with Crippen LogP contribution in [-0.2, 0) is 0 Å². The first kappa shape index (κ1) is 38.5. The second kappa shape index (κ2) is 16.0. The Bertz CT molecular complexity index is 3930. The molecule has 314 valence electrons. The summed E-state index contributed by atoms with van der Waals surface area (Å²) in [4.78, 5) is 2.43. The molecule has 0 N–H and O–H groups in total. The number of nitrogens with zero attached hydrogens (tertiary/aromatic N) is 2. The minimum Gasteiger partial charge on any atom is -0.455 e. The fraction of sp³-hybridized carbons (Fsp3) is 0. The van der Waals surface area contributed by atoms with Gasteiger partial charge in [0.25, 0.3) is 0 Å². The Morgan fingerprint density at radius 2 is 0.791 bits per heavy atom. The van der Waals surface area contributed by atoms with Crippen molar-refractivity contribution in [3.05, 3.63) is 255 Å². The van der Waals surface area contributed by atoms with Crippen LogP contribution in [0.15, 0.2) is 259 Å². The third kappa shape index (κ3) is 6.51. The number of hydrogen-bond donors (Lipinski definition) is 0. The first-order chi connectivity index (χ1) is 33.2. The summed E-state index contributed by atoms with van der Waals surface area (Å²) in [6.07, 6.45) is 0. The van der Waals surface area contributed by atoms with Crippen molar-refractivity contribution >= 4 is 71.6 Å². The molecule has 0 spiro atoms. The van der Waals surface area contributed by atoms with E-state index in [0.29, 0.717) is 0 Å². The molecule has 0 aliphatic rings. The molecule has 0 saturated carbocycles. The van der Waals surface area contributed by atoms with E-state index in [-0.39, 0.29) is 0 Å². The molecule has 0 unspecified atom stereocenters. The molecular formula is C64H42N2O. The number of anilines is 3. The molecule has 11 aromatic carbocycles. The standard InChI is InChI=1S/C64H42N2O/c1-2-17-47-42-48(37-32-43(47)16-1)52-20-5-10-27-59(52)65(49-40-38-46(39-41-49)53-24-15-25-57-56-23-8-14-31-63(56)67-64(53)57)58-26-9-3-18-50(58)44-33-35-45(36-34-44)51-19-4-11-28-60(51)66-61-29-12-6-21-54(61)55-22-7-13-30-62(55)66/h1-42H. The van der Waals surface area contributed by atoms with Crippen LogP contribution in [0.5, 0.6) is 0 Å². The van der Waals surface area contributed by atoms with Crippen LogP contribution in [0.4, 0.5) is 17.1 Å². The van der Waals surface area contributed by atoms with Gasteiger partial charge in [-0.15, -0.1) is 0 Å². The zero-order chi connectivity index (χ0) is 44.3. The number of benzene rings is 11. The predicted octanol–water partition coefficient (Wildman–Crippen LogP) is 18.0. The van der Waals surface area contributed by atoms with Gasteiger partial charge < -0.3 is 13.9 Å². The highest BCUT2D eigenvalue weighted by Gasteiger charge is 2.22. The van der Waals surface area contributed by atoms with Crippen LogP contribution in [0.1, 0.15) is 0 Å². The summed E-state index contributed by atoms with van der Waals surface area (Å²) in [6, 6.07) is 92.0. The van der Waals surface area contributed by atoms with E-state index in [1.807, 2.05) is 12.1 Å². The summed E-state index contributed by atoms with van der Waals surface area (Å²) >= 11 is 0.